The highest BCUT2D eigenvalue weighted by Crippen LogP contribution is 2.41. The molecule has 0 spiro atoms. The van der Waals surface area contributed by atoms with Crippen molar-refractivity contribution in [2.75, 3.05) is 38.0 Å². The second kappa shape index (κ2) is 12.3. The molecule has 11 nitrogen and oxygen atoms in total. The van der Waals surface area contributed by atoms with Gasteiger partial charge in [-0.1, -0.05) is 11.6 Å². The Bertz CT molecular complexity index is 1490. The molecule has 1 aliphatic carbocycles. The van der Waals surface area contributed by atoms with Crippen molar-refractivity contribution in [3.8, 4) is 11.3 Å². The van der Waals surface area contributed by atoms with Crippen LogP contribution in [0.5, 0.6) is 0 Å². The minimum atomic E-state index is -4.67. The number of hydrogen-bond acceptors (Lipinski definition) is 6. The summed E-state index contributed by atoms with van der Waals surface area (Å²) in [5.41, 5.74) is 4.86. The topological polar surface area (TPSA) is 131 Å². The van der Waals surface area contributed by atoms with E-state index in [1.54, 1.807) is 9.80 Å². The molecular weight excluding hydrogens is 600 g/mol. The number of benzene rings is 1. The van der Waals surface area contributed by atoms with Gasteiger partial charge in [0, 0.05) is 58.1 Å². The van der Waals surface area contributed by atoms with Crippen molar-refractivity contribution in [3.63, 3.8) is 0 Å². The van der Waals surface area contributed by atoms with Crippen LogP contribution in [0.15, 0.2) is 30.6 Å². The fourth-order valence-corrected chi connectivity index (χ4v) is 5.01. The number of carbonyl (C=O) groups is 3. The molecule has 1 aromatic carbocycles. The van der Waals surface area contributed by atoms with Crippen LogP contribution in [0.4, 0.5) is 18.9 Å². The minimum absolute atomic E-state index is 0. The van der Waals surface area contributed by atoms with Crippen molar-refractivity contribution in [2.24, 2.45) is 12.8 Å². The Morgan fingerprint density at radius 2 is 1.79 bits per heavy atom. The van der Waals surface area contributed by atoms with Gasteiger partial charge in [-0.2, -0.15) is 18.3 Å². The maximum absolute atomic E-state index is 13.7. The Hall–Kier alpha value is -3.62. The van der Waals surface area contributed by atoms with Gasteiger partial charge in [-0.25, -0.2) is 4.98 Å². The first-order valence-electron chi connectivity index (χ1n) is 13.0. The average molecular weight is 629 g/mol. The predicted octanol–water partition coefficient (Wildman–Crippen LogP) is 3.60. The van der Waals surface area contributed by atoms with Gasteiger partial charge in [0.25, 0.3) is 11.8 Å². The monoisotopic (exact) mass is 628 g/mol. The maximum Gasteiger partial charge on any atom is 0.435 e. The highest BCUT2D eigenvalue weighted by atomic mass is 35.5. The van der Waals surface area contributed by atoms with Crippen molar-refractivity contribution in [2.45, 2.75) is 31.5 Å². The van der Waals surface area contributed by atoms with Crippen LogP contribution < -0.4 is 11.1 Å². The number of carbonyl (C=O) groups excluding carboxylic acids is 3. The van der Waals surface area contributed by atoms with E-state index in [9.17, 15) is 27.6 Å². The normalized spacial score (nSPS) is 15.4. The fourth-order valence-electron chi connectivity index (χ4n) is 4.75. The van der Waals surface area contributed by atoms with E-state index in [0.717, 1.165) is 12.8 Å². The highest BCUT2D eigenvalue weighted by molar-refractivity contribution is 6.34. The number of rotatable bonds is 7. The first-order chi connectivity index (χ1) is 19.5. The molecule has 2 aliphatic rings. The molecule has 0 bridgehead atoms. The summed E-state index contributed by atoms with van der Waals surface area (Å²) >= 11 is 6.39. The molecule has 0 radical (unpaired) electrons. The maximum atomic E-state index is 13.7. The van der Waals surface area contributed by atoms with Crippen molar-refractivity contribution in [1.29, 1.82) is 0 Å². The van der Waals surface area contributed by atoms with E-state index < -0.39 is 17.8 Å². The van der Waals surface area contributed by atoms with E-state index in [1.165, 1.54) is 46.9 Å². The van der Waals surface area contributed by atoms with Crippen LogP contribution in [-0.2, 0) is 18.0 Å². The number of piperazine rings is 1. The average Bonchev–Trinajstić information content (AvgIpc) is 3.56. The molecule has 42 heavy (non-hydrogen) atoms. The summed E-state index contributed by atoms with van der Waals surface area (Å²) in [5.74, 6) is -1.15. The lowest BCUT2D eigenvalue weighted by Crippen LogP contribution is -2.50. The number of anilines is 1. The Morgan fingerprint density at radius 3 is 2.38 bits per heavy atom. The van der Waals surface area contributed by atoms with Crippen LogP contribution in [0.3, 0.4) is 0 Å². The predicted molar refractivity (Wildman–Crippen MR) is 151 cm³/mol. The van der Waals surface area contributed by atoms with Crippen molar-refractivity contribution < 1.29 is 27.6 Å². The number of aromatic nitrogens is 4. The van der Waals surface area contributed by atoms with Crippen LogP contribution in [-0.4, -0.2) is 79.6 Å². The molecule has 3 heterocycles. The van der Waals surface area contributed by atoms with Gasteiger partial charge in [-0.3, -0.25) is 19.1 Å². The Balaban J connectivity index is 0.00000405. The zero-order valence-corrected chi connectivity index (χ0v) is 24.1. The number of alkyl halides is 3. The Labute approximate surface area is 250 Å². The second-order valence-corrected chi connectivity index (χ2v) is 10.4. The lowest BCUT2D eigenvalue weighted by molar-refractivity contribution is -0.141. The number of hydrogen-bond donors (Lipinski definition) is 2. The molecule has 3 N–H and O–H groups in total. The third-order valence-electron chi connectivity index (χ3n) is 7.12. The summed E-state index contributed by atoms with van der Waals surface area (Å²) in [6.45, 7) is 1.76. The summed E-state index contributed by atoms with van der Waals surface area (Å²) < 4.78 is 43.7. The lowest BCUT2D eigenvalue weighted by atomic mass is 10.1. The van der Waals surface area contributed by atoms with E-state index in [4.69, 9.17) is 17.3 Å². The van der Waals surface area contributed by atoms with Crippen LogP contribution in [0, 0.1) is 0 Å². The highest BCUT2D eigenvalue weighted by Gasteiger charge is 2.40. The van der Waals surface area contributed by atoms with Crippen molar-refractivity contribution in [3.05, 3.63) is 52.7 Å². The van der Waals surface area contributed by atoms with E-state index in [0.29, 0.717) is 26.2 Å². The number of nitrogens with zero attached hydrogens (tertiary/aromatic N) is 6. The first-order valence-corrected chi connectivity index (χ1v) is 13.4. The standard InChI is InChI=1S/C26H28ClF3N8O3.ClH/c1-35-20(18-14-38(16-3-4-16)34-22(18)26(28,29)30)13-32-23(35)24(40)33-15-2-5-17(19(27)12-15)25(41)37-10-8-36(9-11-37)21(39)6-7-31;/h2,5,12-14,16H,3-4,6-11,31H2,1H3,(H,33,40);1H. The summed E-state index contributed by atoms with van der Waals surface area (Å²) in [5, 5.41) is 6.49. The third kappa shape index (κ3) is 6.40. The van der Waals surface area contributed by atoms with Crippen LogP contribution >= 0.6 is 24.0 Å². The summed E-state index contributed by atoms with van der Waals surface area (Å²) in [6.07, 6.45) is -0.350. The van der Waals surface area contributed by atoms with E-state index in [2.05, 4.69) is 15.4 Å². The summed E-state index contributed by atoms with van der Waals surface area (Å²) in [7, 11) is 1.45. The molecular formula is C26H29Cl2F3N8O3. The van der Waals surface area contributed by atoms with Crippen molar-refractivity contribution >= 4 is 47.4 Å². The molecule has 1 saturated carbocycles. The largest absolute Gasteiger partial charge is 0.435 e. The van der Waals surface area contributed by atoms with Gasteiger partial charge in [0.15, 0.2) is 11.5 Å². The molecule has 1 saturated heterocycles. The number of amides is 3. The Kier molecular flexibility index (Phi) is 9.18. The third-order valence-corrected chi connectivity index (χ3v) is 7.44. The van der Waals surface area contributed by atoms with Gasteiger partial charge >= 0.3 is 6.18 Å². The van der Waals surface area contributed by atoms with E-state index in [1.807, 2.05) is 0 Å². The zero-order valence-electron chi connectivity index (χ0n) is 22.5. The van der Waals surface area contributed by atoms with Crippen molar-refractivity contribution in [1.82, 2.24) is 29.1 Å². The number of halogens is 5. The summed E-state index contributed by atoms with van der Waals surface area (Å²) in [4.78, 5) is 45.4. The van der Waals surface area contributed by atoms with E-state index >= 15 is 0 Å². The van der Waals surface area contributed by atoms with Gasteiger partial charge in [-0.05, 0) is 31.0 Å². The van der Waals surface area contributed by atoms with Gasteiger partial charge in [0.1, 0.15) is 0 Å². The molecule has 2 aromatic heterocycles. The lowest BCUT2D eigenvalue weighted by Gasteiger charge is -2.35. The zero-order chi connectivity index (χ0) is 29.5. The first kappa shape index (κ1) is 31.3. The number of nitrogens with one attached hydrogen (secondary N) is 1. The smallest absolute Gasteiger partial charge is 0.339 e. The van der Waals surface area contributed by atoms with Crippen LogP contribution in [0.25, 0.3) is 11.3 Å². The molecule has 3 aromatic rings. The summed E-state index contributed by atoms with van der Waals surface area (Å²) in [6, 6.07) is 4.34. The van der Waals surface area contributed by atoms with Gasteiger partial charge < -0.3 is 25.4 Å². The number of nitrogens with two attached hydrogens (primary N) is 1. The SMILES string of the molecule is Cl.Cn1c(-c2cn(C3CC3)nc2C(F)(F)F)cnc1C(=O)Nc1ccc(C(=O)N2CCN(C(=O)CCN)CC2)c(Cl)c1. The minimum Gasteiger partial charge on any atom is -0.339 e. The molecule has 3 amide bonds. The van der Waals surface area contributed by atoms with Gasteiger partial charge in [-0.15, -0.1) is 12.4 Å². The quantitative estimate of drug-likeness (QED) is 0.411. The molecule has 0 unspecified atom stereocenters. The number of imidazole rings is 1. The molecule has 2 fully saturated rings. The second-order valence-electron chi connectivity index (χ2n) is 9.99. The van der Waals surface area contributed by atoms with Crippen LogP contribution in [0.2, 0.25) is 5.02 Å². The molecule has 16 heteroatoms. The molecule has 0 atom stereocenters. The Morgan fingerprint density at radius 1 is 1.12 bits per heavy atom. The van der Waals surface area contributed by atoms with Gasteiger partial charge in [0.05, 0.1) is 34.1 Å². The van der Waals surface area contributed by atoms with E-state index in [-0.39, 0.29) is 76.6 Å². The molecule has 5 rings (SSSR count). The van der Waals surface area contributed by atoms with Crippen LogP contribution in [0.1, 0.15) is 52.0 Å². The fraction of sp³-hybridized carbons (Fsp3) is 0.423. The molecule has 1 aliphatic heterocycles. The van der Waals surface area contributed by atoms with Gasteiger partial charge in [0.2, 0.25) is 5.91 Å². The molecule has 226 valence electrons.